The third-order valence-corrected chi connectivity index (χ3v) is 2.84. The summed E-state index contributed by atoms with van der Waals surface area (Å²) in [5.41, 5.74) is 3.29. The first-order chi connectivity index (χ1) is 8.70. The van der Waals surface area contributed by atoms with Crippen molar-refractivity contribution in [3.05, 3.63) is 78.5 Å². The van der Waals surface area contributed by atoms with Crippen molar-refractivity contribution in [2.75, 3.05) is 7.11 Å². The number of methoxy groups -OCH3 is 1. The van der Waals surface area contributed by atoms with Crippen molar-refractivity contribution in [3.63, 3.8) is 0 Å². The zero-order chi connectivity index (χ0) is 13.0. The summed E-state index contributed by atoms with van der Waals surface area (Å²) in [4.78, 5) is 1.99. The van der Waals surface area contributed by atoms with Crippen molar-refractivity contribution in [2.45, 2.75) is 6.92 Å². The van der Waals surface area contributed by atoms with E-state index in [0.29, 0.717) is 0 Å². The molecule has 0 saturated heterocycles. The summed E-state index contributed by atoms with van der Waals surface area (Å²) in [7, 11) is 1.66. The Kier molecular flexibility index (Phi) is 3.68. The first kappa shape index (κ1) is 12.2. The lowest BCUT2D eigenvalue weighted by atomic mass is 10.1. The summed E-state index contributed by atoms with van der Waals surface area (Å²) in [5.74, 6) is 0.821. The zero-order valence-corrected chi connectivity index (χ0v) is 10.8. The minimum atomic E-state index is 0.821. The molecule has 0 unspecified atom stereocenters. The fourth-order valence-corrected chi connectivity index (χ4v) is 1.77. The summed E-state index contributed by atoms with van der Waals surface area (Å²) in [5, 5.41) is 0. The second kappa shape index (κ2) is 5.41. The van der Waals surface area contributed by atoms with E-state index in [9.17, 15) is 0 Å². The van der Waals surface area contributed by atoms with Gasteiger partial charge in [-0.05, 0) is 24.1 Å². The first-order valence-corrected chi connectivity index (χ1v) is 5.85. The summed E-state index contributed by atoms with van der Waals surface area (Å²) in [6, 6.07) is 10.3. The lowest BCUT2D eigenvalue weighted by molar-refractivity contribution is 0.302. The highest BCUT2D eigenvalue weighted by molar-refractivity contribution is 5.63. The molecule has 0 spiro atoms. The maximum Gasteiger partial charge on any atom is 0.122 e. The Morgan fingerprint density at radius 1 is 1.28 bits per heavy atom. The van der Waals surface area contributed by atoms with Crippen LogP contribution >= 0.6 is 0 Å². The average molecular weight is 239 g/mol. The fraction of sp³-hybridized carbons (Fsp3) is 0.125. The van der Waals surface area contributed by atoms with Crippen molar-refractivity contribution in [3.8, 4) is 0 Å². The highest BCUT2D eigenvalue weighted by Gasteiger charge is 2.07. The van der Waals surface area contributed by atoms with Gasteiger partial charge >= 0.3 is 0 Å². The van der Waals surface area contributed by atoms with Crippen molar-refractivity contribution in [1.29, 1.82) is 0 Å². The molecule has 2 rings (SSSR count). The number of ether oxygens (including phenoxy) is 1. The van der Waals surface area contributed by atoms with Crippen LogP contribution in [-0.2, 0) is 4.74 Å². The third kappa shape index (κ3) is 2.72. The second-order valence-corrected chi connectivity index (χ2v) is 4.14. The van der Waals surface area contributed by atoms with E-state index in [2.05, 4.69) is 31.8 Å². The van der Waals surface area contributed by atoms with Gasteiger partial charge in [0.05, 0.1) is 7.11 Å². The van der Waals surface area contributed by atoms with Gasteiger partial charge in [0.25, 0.3) is 0 Å². The molecule has 1 aromatic carbocycles. The first-order valence-electron chi connectivity index (χ1n) is 5.85. The molecule has 0 radical (unpaired) electrons. The Hall–Kier alpha value is -2.22. The van der Waals surface area contributed by atoms with E-state index in [-0.39, 0.29) is 0 Å². The Bertz CT molecular complexity index is 523. The molecule has 2 nitrogen and oxygen atoms in total. The summed E-state index contributed by atoms with van der Waals surface area (Å²) >= 11 is 0. The van der Waals surface area contributed by atoms with Crippen LogP contribution in [-0.4, -0.2) is 12.0 Å². The van der Waals surface area contributed by atoms with Crippen molar-refractivity contribution in [1.82, 2.24) is 4.90 Å². The molecule has 0 saturated carbocycles. The quantitative estimate of drug-likeness (QED) is 0.792. The maximum absolute atomic E-state index is 5.17. The molecule has 0 N–H and O–H groups in total. The number of rotatable bonds is 3. The van der Waals surface area contributed by atoms with Crippen LogP contribution < -0.4 is 0 Å². The van der Waals surface area contributed by atoms with E-state index >= 15 is 0 Å². The monoisotopic (exact) mass is 239 g/mol. The number of hydrogen-bond donors (Lipinski definition) is 0. The SMILES string of the molecule is C=C1C=C(OC)C=CN1/C=C(\C)c1ccccc1. The molecule has 2 heteroatoms. The molecule has 1 heterocycles. The maximum atomic E-state index is 5.17. The van der Waals surface area contributed by atoms with Crippen LogP contribution in [0.25, 0.3) is 5.57 Å². The van der Waals surface area contributed by atoms with E-state index in [1.165, 1.54) is 11.1 Å². The van der Waals surface area contributed by atoms with E-state index < -0.39 is 0 Å². The highest BCUT2D eigenvalue weighted by atomic mass is 16.5. The van der Waals surface area contributed by atoms with Gasteiger partial charge in [0.2, 0.25) is 0 Å². The standard InChI is InChI=1S/C16H17NO/c1-13(15-7-5-4-6-8-15)12-17-10-9-16(18-3)11-14(17)2/h4-12H,2H2,1,3H3/b13-12+. The highest BCUT2D eigenvalue weighted by Crippen LogP contribution is 2.20. The van der Waals surface area contributed by atoms with Crippen LogP contribution in [0.4, 0.5) is 0 Å². The van der Waals surface area contributed by atoms with Crippen LogP contribution in [0.15, 0.2) is 72.9 Å². The molecule has 0 fully saturated rings. The van der Waals surface area contributed by atoms with E-state index in [1.54, 1.807) is 7.11 Å². The zero-order valence-electron chi connectivity index (χ0n) is 10.8. The van der Waals surface area contributed by atoms with Crippen LogP contribution in [0, 0.1) is 0 Å². The summed E-state index contributed by atoms with van der Waals surface area (Å²) < 4.78 is 5.17. The second-order valence-electron chi connectivity index (χ2n) is 4.14. The van der Waals surface area contributed by atoms with Crippen molar-refractivity contribution >= 4 is 5.57 Å². The predicted molar refractivity (Wildman–Crippen MR) is 75.3 cm³/mol. The van der Waals surface area contributed by atoms with Gasteiger partial charge in [-0.1, -0.05) is 36.9 Å². The van der Waals surface area contributed by atoms with Gasteiger partial charge in [-0.25, -0.2) is 0 Å². The Morgan fingerprint density at radius 3 is 2.61 bits per heavy atom. The largest absolute Gasteiger partial charge is 0.497 e. The minimum Gasteiger partial charge on any atom is -0.497 e. The number of benzene rings is 1. The lowest BCUT2D eigenvalue weighted by Gasteiger charge is -2.21. The van der Waals surface area contributed by atoms with Gasteiger partial charge in [0.15, 0.2) is 0 Å². The molecule has 0 bridgehead atoms. The average Bonchev–Trinajstić information content (AvgIpc) is 2.42. The lowest BCUT2D eigenvalue weighted by Crippen LogP contribution is -2.11. The molecule has 1 aromatic rings. The van der Waals surface area contributed by atoms with Crippen LogP contribution in [0.5, 0.6) is 0 Å². The van der Waals surface area contributed by atoms with Crippen molar-refractivity contribution in [2.24, 2.45) is 0 Å². The predicted octanol–water partition coefficient (Wildman–Crippen LogP) is 3.92. The number of allylic oxidation sites excluding steroid dienone is 3. The smallest absolute Gasteiger partial charge is 0.122 e. The van der Waals surface area contributed by atoms with Gasteiger partial charge in [-0.2, -0.15) is 0 Å². The van der Waals surface area contributed by atoms with Crippen LogP contribution in [0.2, 0.25) is 0 Å². The molecule has 0 amide bonds. The van der Waals surface area contributed by atoms with Gasteiger partial charge in [0, 0.05) is 24.2 Å². The molecule has 18 heavy (non-hydrogen) atoms. The van der Waals surface area contributed by atoms with Crippen molar-refractivity contribution < 1.29 is 4.74 Å². The number of nitrogens with zero attached hydrogens (tertiary/aromatic N) is 1. The van der Waals surface area contributed by atoms with Crippen LogP contribution in [0.1, 0.15) is 12.5 Å². The summed E-state index contributed by atoms with van der Waals surface area (Å²) in [6.45, 7) is 6.10. The van der Waals surface area contributed by atoms with Gasteiger partial charge in [0.1, 0.15) is 5.76 Å². The Balaban J connectivity index is 2.18. The van der Waals surface area contributed by atoms with Gasteiger partial charge < -0.3 is 9.64 Å². The van der Waals surface area contributed by atoms with Gasteiger partial charge in [-0.15, -0.1) is 0 Å². The van der Waals surface area contributed by atoms with Crippen LogP contribution in [0.3, 0.4) is 0 Å². The minimum absolute atomic E-state index is 0.821. The molecular weight excluding hydrogens is 222 g/mol. The van der Waals surface area contributed by atoms with E-state index in [1.807, 2.05) is 41.5 Å². The molecule has 92 valence electrons. The molecule has 0 aliphatic carbocycles. The number of hydrogen-bond acceptors (Lipinski definition) is 2. The van der Waals surface area contributed by atoms with Gasteiger partial charge in [-0.3, -0.25) is 0 Å². The molecular formula is C16H17NO. The molecule has 1 aliphatic rings. The van der Waals surface area contributed by atoms with E-state index in [4.69, 9.17) is 4.74 Å². The Morgan fingerprint density at radius 2 is 2.00 bits per heavy atom. The van der Waals surface area contributed by atoms with E-state index in [0.717, 1.165) is 11.5 Å². The molecule has 0 atom stereocenters. The normalized spacial score (nSPS) is 15.7. The fourth-order valence-electron chi connectivity index (χ4n) is 1.77. The topological polar surface area (TPSA) is 12.5 Å². The Labute approximate surface area is 108 Å². The molecule has 0 aromatic heterocycles. The molecule has 1 aliphatic heterocycles. The third-order valence-electron chi connectivity index (χ3n) is 2.84. The summed E-state index contributed by atoms with van der Waals surface area (Å²) in [6.07, 6.45) is 7.85.